The summed E-state index contributed by atoms with van der Waals surface area (Å²) in [7, 11) is 0. The molecule has 0 radical (unpaired) electrons. The van der Waals surface area contributed by atoms with Crippen LogP contribution in [0.3, 0.4) is 0 Å². The second kappa shape index (κ2) is 5.56. The molecule has 2 heterocycles. The highest BCUT2D eigenvalue weighted by Crippen LogP contribution is 2.65. The van der Waals surface area contributed by atoms with E-state index in [1.165, 1.54) is 0 Å². The summed E-state index contributed by atoms with van der Waals surface area (Å²) in [6.45, 7) is 1.40. The second-order valence-corrected chi connectivity index (χ2v) is 7.90. The number of hydrogen-bond donors (Lipinski definition) is 1. The van der Waals surface area contributed by atoms with Crippen LogP contribution in [0.1, 0.15) is 42.5 Å². The Balaban J connectivity index is 1.29. The van der Waals surface area contributed by atoms with E-state index >= 15 is 0 Å². The lowest BCUT2D eigenvalue weighted by Crippen LogP contribution is -2.44. The van der Waals surface area contributed by atoms with Gasteiger partial charge in [-0.1, -0.05) is 12.1 Å². The molecule has 4 aliphatic rings. The third kappa shape index (κ3) is 2.40. The van der Waals surface area contributed by atoms with Crippen LogP contribution < -0.4 is 10.1 Å². The standard InChI is InChI=1S/C20H23NO4/c22-15-10-20(25-16-6-2-1-5-13(15)16)8-7-14-17(18(14)20)19(23)21-11-12-4-3-9-24-12/h1-2,5-6,12,14,17-18H,3-4,7-11H2,(H,21,23)/t12-,14-,17+,18+,20+/m0/s1. The number of carbonyl (C=O) groups excluding carboxylic acids is 2. The molecule has 1 aromatic carbocycles. The Morgan fingerprint density at radius 1 is 1.28 bits per heavy atom. The number of benzene rings is 1. The zero-order chi connectivity index (χ0) is 17.0. The van der Waals surface area contributed by atoms with Gasteiger partial charge in [-0.15, -0.1) is 0 Å². The first-order valence-electron chi connectivity index (χ1n) is 9.38. The van der Waals surface area contributed by atoms with E-state index < -0.39 is 5.60 Å². The zero-order valence-corrected chi connectivity index (χ0v) is 14.2. The zero-order valence-electron chi connectivity index (χ0n) is 14.2. The fraction of sp³-hybridized carbons (Fsp3) is 0.600. The van der Waals surface area contributed by atoms with Crippen molar-refractivity contribution in [2.24, 2.45) is 17.8 Å². The molecule has 5 heteroatoms. The molecule has 5 nitrogen and oxygen atoms in total. The molecule has 1 amide bonds. The van der Waals surface area contributed by atoms with Crippen LogP contribution in [0.5, 0.6) is 5.75 Å². The molecule has 132 valence electrons. The van der Waals surface area contributed by atoms with Crippen LogP contribution in [0, 0.1) is 17.8 Å². The summed E-state index contributed by atoms with van der Waals surface area (Å²) in [5, 5.41) is 3.06. The van der Waals surface area contributed by atoms with Crippen LogP contribution >= 0.6 is 0 Å². The molecule has 25 heavy (non-hydrogen) atoms. The molecule has 5 atom stereocenters. The maximum Gasteiger partial charge on any atom is 0.223 e. The van der Waals surface area contributed by atoms with Gasteiger partial charge < -0.3 is 14.8 Å². The van der Waals surface area contributed by atoms with Crippen molar-refractivity contribution in [2.45, 2.75) is 43.8 Å². The van der Waals surface area contributed by atoms with E-state index in [1.54, 1.807) is 0 Å². The van der Waals surface area contributed by atoms with Gasteiger partial charge in [0.15, 0.2) is 5.78 Å². The Morgan fingerprint density at radius 2 is 2.16 bits per heavy atom. The molecule has 5 rings (SSSR count). The molecular formula is C20H23NO4. The van der Waals surface area contributed by atoms with Gasteiger partial charge in [-0.2, -0.15) is 0 Å². The molecule has 2 aliphatic carbocycles. The van der Waals surface area contributed by atoms with Crippen molar-refractivity contribution < 1.29 is 19.1 Å². The van der Waals surface area contributed by atoms with Crippen molar-refractivity contribution in [3.63, 3.8) is 0 Å². The minimum atomic E-state index is -0.470. The van der Waals surface area contributed by atoms with E-state index in [0.717, 1.165) is 32.3 Å². The number of nitrogens with one attached hydrogen (secondary N) is 1. The fourth-order valence-electron chi connectivity index (χ4n) is 5.26. The first-order chi connectivity index (χ1) is 12.2. The van der Waals surface area contributed by atoms with Crippen molar-refractivity contribution in [2.75, 3.05) is 13.2 Å². The normalized spacial score (nSPS) is 38.2. The fourth-order valence-corrected chi connectivity index (χ4v) is 5.26. The van der Waals surface area contributed by atoms with Crippen LogP contribution in [-0.2, 0) is 9.53 Å². The maximum atomic E-state index is 12.6. The highest BCUT2D eigenvalue weighted by Gasteiger charge is 2.70. The van der Waals surface area contributed by atoms with Gasteiger partial charge >= 0.3 is 0 Å². The molecule has 0 aromatic heterocycles. The summed E-state index contributed by atoms with van der Waals surface area (Å²) in [5.41, 5.74) is 0.207. The van der Waals surface area contributed by atoms with Gasteiger partial charge in [0, 0.05) is 25.0 Å². The van der Waals surface area contributed by atoms with Crippen molar-refractivity contribution in [1.29, 1.82) is 0 Å². The number of carbonyl (C=O) groups is 2. The molecule has 1 saturated heterocycles. The van der Waals surface area contributed by atoms with E-state index in [0.29, 0.717) is 30.2 Å². The van der Waals surface area contributed by atoms with Crippen LogP contribution in [0.25, 0.3) is 0 Å². The Labute approximate surface area is 147 Å². The molecule has 0 unspecified atom stereocenters. The molecule has 1 spiro atoms. The first kappa shape index (κ1) is 15.4. The Morgan fingerprint density at radius 3 is 3.00 bits per heavy atom. The van der Waals surface area contributed by atoms with Gasteiger partial charge in [0.2, 0.25) is 5.91 Å². The van der Waals surface area contributed by atoms with E-state index in [2.05, 4.69) is 5.32 Å². The Hall–Kier alpha value is -1.88. The first-order valence-corrected chi connectivity index (χ1v) is 9.38. The molecule has 2 aliphatic heterocycles. The number of fused-ring (bicyclic) bond motifs is 3. The minimum Gasteiger partial charge on any atom is -0.486 e. The quantitative estimate of drug-likeness (QED) is 0.916. The molecule has 0 bridgehead atoms. The Bertz CT molecular complexity index is 726. The Kier molecular flexibility index (Phi) is 3.42. The second-order valence-electron chi connectivity index (χ2n) is 7.90. The van der Waals surface area contributed by atoms with Gasteiger partial charge in [-0.25, -0.2) is 0 Å². The number of ether oxygens (including phenoxy) is 2. The molecule has 1 aromatic rings. The maximum absolute atomic E-state index is 12.6. The van der Waals surface area contributed by atoms with Gasteiger partial charge in [0.25, 0.3) is 0 Å². The van der Waals surface area contributed by atoms with E-state index in [1.807, 2.05) is 24.3 Å². The average molecular weight is 341 g/mol. The highest BCUT2D eigenvalue weighted by molar-refractivity contribution is 6.00. The number of hydrogen-bond acceptors (Lipinski definition) is 4. The summed E-state index contributed by atoms with van der Waals surface area (Å²) in [6, 6.07) is 7.47. The predicted octanol–water partition coefficient (Wildman–Crippen LogP) is 2.34. The monoisotopic (exact) mass is 341 g/mol. The molecular weight excluding hydrogens is 318 g/mol. The lowest BCUT2D eigenvalue weighted by molar-refractivity contribution is -0.124. The number of ketones is 1. The molecule has 2 saturated carbocycles. The van der Waals surface area contributed by atoms with Gasteiger partial charge in [0.05, 0.1) is 18.1 Å². The number of Topliss-reactive ketones (excluding diaryl/α,β-unsaturated/α-hetero) is 1. The largest absolute Gasteiger partial charge is 0.486 e. The number of rotatable bonds is 3. The number of para-hydroxylation sites is 1. The van der Waals surface area contributed by atoms with E-state index in [9.17, 15) is 9.59 Å². The lowest BCUT2D eigenvalue weighted by Gasteiger charge is -2.37. The molecule has 1 N–H and O–H groups in total. The molecule has 3 fully saturated rings. The highest BCUT2D eigenvalue weighted by atomic mass is 16.5. The van der Waals surface area contributed by atoms with Crippen LogP contribution in [0.2, 0.25) is 0 Å². The van der Waals surface area contributed by atoms with Crippen LogP contribution in [-0.4, -0.2) is 36.5 Å². The van der Waals surface area contributed by atoms with Gasteiger partial charge in [-0.3, -0.25) is 9.59 Å². The van der Waals surface area contributed by atoms with Gasteiger partial charge in [-0.05, 0) is 43.7 Å². The minimum absolute atomic E-state index is 0.00628. The lowest BCUT2D eigenvalue weighted by atomic mass is 9.84. The van der Waals surface area contributed by atoms with Gasteiger partial charge in [0.1, 0.15) is 11.4 Å². The third-order valence-corrected chi connectivity index (χ3v) is 6.47. The summed E-state index contributed by atoms with van der Waals surface area (Å²) < 4.78 is 11.9. The summed E-state index contributed by atoms with van der Waals surface area (Å²) in [5.74, 6) is 1.47. The summed E-state index contributed by atoms with van der Waals surface area (Å²) in [4.78, 5) is 25.2. The summed E-state index contributed by atoms with van der Waals surface area (Å²) >= 11 is 0. The van der Waals surface area contributed by atoms with Crippen molar-refractivity contribution in [3.05, 3.63) is 29.8 Å². The van der Waals surface area contributed by atoms with Crippen LogP contribution in [0.4, 0.5) is 0 Å². The van der Waals surface area contributed by atoms with E-state index in [-0.39, 0.29) is 29.6 Å². The van der Waals surface area contributed by atoms with Crippen molar-refractivity contribution >= 4 is 11.7 Å². The topological polar surface area (TPSA) is 64.6 Å². The summed E-state index contributed by atoms with van der Waals surface area (Å²) in [6.07, 6.45) is 4.51. The number of amides is 1. The van der Waals surface area contributed by atoms with Crippen molar-refractivity contribution in [3.8, 4) is 5.75 Å². The van der Waals surface area contributed by atoms with Crippen molar-refractivity contribution in [1.82, 2.24) is 5.32 Å². The predicted molar refractivity (Wildman–Crippen MR) is 90.4 cm³/mol. The van der Waals surface area contributed by atoms with E-state index in [4.69, 9.17) is 9.47 Å². The van der Waals surface area contributed by atoms with Crippen LogP contribution in [0.15, 0.2) is 24.3 Å². The smallest absolute Gasteiger partial charge is 0.223 e. The average Bonchev–Trinajstić information content (AvgIpc) is 2.94. The SMILES string of the molecule is O=C1C[C@@]2(CC[C@H]3[C@@H](C(=O)NC[C@@H]4CCCO4)[C@@H]32)Oc2ccccc21. The third-order valence-electron chi connectivity index (χ3n) is 6.47.